The zero-order valence-electron chi connectivity index (χ0n) is 11.8. The summed E-state index contributed by atoms with van der Waals surface area (Å²) in [7, 11) is 1.66. The zero-order chi connectivity index (χ0) is 13.7. The van der Waals surface area contributed by atoms with E-state index in [0.29, 0.717) is 0 Å². The molecule has 1 aromatic heterocycles. The number of methoxy groups -OCH3 is 1. The van der Waals surface area contributed by atoms with Crippen LogP contribution in [0.3, 0.4) is 0 Å². The summed E-state index contributed by atoms with van der Waals surface area (Å²) in [5.41, 5.74) is 3.87. The highest BCUT2D eigenvalue weighted by atomic mass is 16.5. The summed E-state index contributed by atoms with van der Waals surface area (Å²) in [5, 5.41) is 4.38. The molecule has 6 nitrogen and oxygen atoms in total. The second-order valence-corrected chi connectivity index (χ2v) is 4.87. The topological polar surface area (TPSA) is 74.3 Å². The number of aromatic nitrogens is 2. The van der Waals surface area contributed by atoms with Gasteiger partial charge >= 0.3 is 0 Å². The molecule has 0 bridgehead atoms. The van der Waals surface area contributed by atoms with Crippen LogP contribution in [0.5, 0.6) is 5.75 Å². The maximum absolute atomic E-state index is 5.85. The molecule has 2 atom stereocenters. The third-order valence-electron chi connectivity index (χ3n) is 3.56. The van der Waals surface area contributed by atoms with Crippen molar-refractivity contribution in [2.75, 3.05) is 13.7 Å². The van der Waals surface area contributed by atoms with Crippen LogP contribution in [0.4, 0.5) is 0 Å². The summed E-state index contributed by atoms with van der Waals surface area (Å²) in [6, 6.07) is -0.0794. The minimum absolute atomic E-state index is 0.0794. The van der Waals surface area contributed by atoms with Crippen LogP contribution in [0.25, 0.3) is 0 Å². The molecule has 2 unspecified atom stereocenters. The Hall–Kier alpha value is -1.11. The van der Waals surface area contributed by atoms with Crippen molar-refractivity contribution >= 4 is 0 Å². The van der Waals surface area contributed by atoms with E-state index in [9.17, 15) is 0 Å². The summed E-state index contributed by atoms with van der Waals surface area (Å²) in [4.78, 5) is 0. The molecule has 0 radical (unpaired) electrons. The van der Waals surface area contributed by atoms with Crippen LogP contribution >= 0.6 is 0 Å². The van der Waals surface area contributed by atoms with Gasteiger partial charge < -0.3 is 9.47 Å². The summed E-state index contributed by atoms with van der Waals surface area (Å²) in [5.74, 6) is 6.53. The number of hydrogen-bond donors (Lipinski definition) is 2. The molecule has 0 aromatic carbocycles. The first-order chi connectivity index (χ1) is 9.31. The van der Waals surface area contributed by atoms with Gasteiger partial charge in [-0.1, -0.05) is 6.92 Å². The number of aryl methyl sites for hydroxylation is 1. The van der Waals surface area contributed by atoms with E-state index in [4.69, 9.17) is 15.3 Å². The first kappa shape index (κ1) is 14.3. The van der Waals surface area contributed by atoms with E-state index in [0.717, 1.165) is 43.9 Å². The lowest BCUT2D eigenvalue weighted by Crippen LogP contribution is -2.41. The molecule has 108 valence electrons. The van der Waals surface area contributed by atoms with Gasteiger partial charge in [0.05, 0.1) is 25.5 Å². The van der Waals surface area contributed by atoms with Crippen molar-refractivity contribution in [3.05, 3.63) is 11.9 Å². The first-order valence-electron chi connectivity index (χ1n) is 6.99. The lowest BCUT2D eigenvalue weighted by molar-refractivity contribution is -0.0105. The van der Waals surface area contributed by atoms with Gasteiger partial charge in [0.2, 0.25) is 0 Å². The third kappa shape index (κ3) is 3.08. The maximum atomic E-state index is 5.85. The third-order valence-corrected chi connectivity index (χ3v) is 3.56. The summed E-state index contributed by atoms with van der Waals surface area (Å²) >= 11 is 0. The van der Waals surface area contributed by atoms with Crippen molar-refractivity contribution in [3.8, 4) is 5.75 Å². The van der Waals surface area contributed by atoms with E-state index in [1.807, 2.05) is 4.68 Å². The Bertz CT molecular complexity index is 388. The zero-order valence-corrected chi connectivity index (χ0v) is 11.8. The number of hydrazine groups is 1. The number of nitrogens with one attached hydrogen (secondary N) is 1. The van der Waals surface area contributed by atoms with E-state index in [1.54, 1.807) is 13.3 Å². The lowest BCUT2D eigenvalue weighted by Gasteiger charge is -2.30. The first-order valence-corrected chi connectivity index (χ1v) is 6.99. The SMILES string of the molecule is CCCn1ncc(OC)c1C(NN)C1CCCCO1. The van der Waals surface area contributed by atoms with E-state index >= 15 is 0 Å². The normalized spacial score (nSPS) is 21.3. The Morgan fingerprint density at radius 3 is 3.05 bits per heavy atom. The minimum atomic E-state index is -0.0794. The van der Waals surface area contributed by atoms with Gasteiger partial charge in [0.15, 0.2) is 5.75 Å². The van der Waals surface area contributed by atoms with Gasteiger partial charge in [-0.05, 0) is 25.7 Å². The van der Waals surface area contributed by atoms with Crippen LogP contribution in [0.2, 0.25) is 0 Å². The summed E-state index contributed by atoms with van der Waals surface area (Å²) in [6.45, 7) is 3.77. The van der Waals surface area contributed by atoms with Gasteiger partial charge in [0, 0.05) is 13.2 Å². The van der Waals surface area contributed by atoms with Crippen molar-refractivity contribution < 1.29 is 9.47 Å². The van der Waals surface area contributed by atoms with Gasteiger partial charge in [-0.15, -0.1) is 0 Å². The molecule has 1 fully saturated rings. The van der Waals surface area contributed by atoms with Crippen molar-refractivity contribution in [3.63, 3.8) is 0 Å². The molecule has 1 saturated heterocycles. The molecule has 2 rings (SSSR count). The molecule has 1 aromatic rings. The summed E-state index contributed by atoms with van der Waals surface area (Å²) in [6.07, 6.45) is 6.15. The molecule has 3 N–H and O–H groups in total. The van der Waals surface area contributed by atoms with E-state index < -0.39 is 0 Å². The van der Waals surface area contributed by atoms with Crippen molar-refractivity contribution in [2.24, 2.45) is 5.84 Å². The largest absolute Gasteiger partial charge is 0.493 e. The lowest BCUT2D eigenvalue weighted by atomic mass is 9.99. The van der Waals surface area contributed by atoms with E-state index in [-0.39, 0.29) is 12.1 Å². The Morgan fingerprint density at radius 2 is 2.47 bits per heavy atom. The van der Waals surface area contributed by atoms with Gasteiger partial charge in [0.1, 0.15) is 5.69 Å². The van der Waals surface area contributed by atoms with E-state index in [2.05, 4.69) is 17.4 Å². The predicted octanol–water partition coefficient (Wildman–Crippen LogP) is 1.38. The highest BCUT2D eigenvalue weighted by molar-refractivity contribution is 5.29. The maximum Gasteiger partial charge on any atom is 0.161 e. The summed E-state index contributed by atoms with van der Waals surface area (Å²) < 4.78 is 13.2. The molecule has 1 aliphatic rings. The van der Waals surface area contributed by atoms with Crippen LogP contribution in [0.1, 0.15) is 44.3 Å². The van der Waals surface area contributed by atoms with E-state index in [1.165, 1.54) is 6.42 Å². The number of rotatable bonds is 6. The van der Waals surface area contributed by atoms with Crippen LogP contribution in [0, 0.1) is 0 Å². The van der Waals surface area contributed by atoms with Gasteiger partial charge in [0.25, 0.3) is 0 Å². The number of hydrogen-bond acceptors (Lipinski definition) is 5. The molecular weight excluding hydrogens is 244 g/mol. The number of nitrogens with two attached hydrogens (primary N) is 1. The Labute approximate surface area is 114 Å². The second kappa shape index (κ2) is 6.88. The molecule has 0 spiro atoms. The van der Waals surface area contributed by atoms with Crippen molar-refractivity contribution in [2.45, 2.75) is 51.3 Å². The minimum Gasteiger partial charge on any atom is -0.493 e. The monoisotopic (exact) mass is 268 g/mol. The molecule has 0 amide bonds. The molecule has 0 aliphatic carbocycles. The van der Waals surface area contributed by atoms with Crippen molar-refractivity contribution in [1.82, 2.24) is 15.2 Å². The van der Waals surface area contributed by atoms with Gasteiger partial charge in [-0.25, -0.2) is 5.43 Å². The number of ether oxygens (including phenoxy) is 2. The fraction of sp³-hybridized carbons (Fsp3) is 0.769. The highest BCUT2D eigenvalue weighted by Crippen LogP contribution is 2.31. The fourth-order valence-electron chi connectivity index (χ4n) is 2.63. The average molecular weight is 268 g/mol. The van der Waals surface area contributed by atoms with Crippen LogP contribution in [-0.2, 0) is 11.3 Å². The number of nitrogens with zero attached hydrogens (tertiary/aromatic N) is 2. The average Bonchev–Trinajstić information content (AvgIpc) is 2.85. The molecule has 19 heavy (non-hydrogen) atoms. The van der Waals surface area contributed by atoms with Gasteiger partial charge in [-0.3, -0.25) is 10.5 Å². The molecular formula is C13H24N4O2. The van der Waals surface area contributed by atoms with Crippen LogP contribution in [-0.4, -0.2) is 29.6 Å². The van der Waals surface area contributed by atoms with Crippen molar-refractivity contribution in [1.29, 1.82) is 0 Å². The molecule has 6 heteroatoms. The quantitative estimate of drug-likeness (QED) is 0.602. The fourth-order valence-corrected chi connectivity index (χ4v) is 2.63. The predicted molar refractivity (Wildman–Crippen MR) is 72.7 cm³/mol. The Balaban J connectivity index is 2.26. The highest BCUT2D eigenvalue weighted by Gasteiger charge is 2.30. The Kier molecular flexibility index (Phi) is 5.18. The van der Waals surface area contributed by atoms with Crippen LogP contribution in [0.15, 0.2) is 6.20 Å². The van der Waals surface area contributed by atoms with Gasteiger partial charge in [-0.2, -0.15) is 5.10 Å². The standard InChI is InChI=1S/C13H24N4O2/c1-3-7-17-13(11(18-2)9-15-17)12(16-14)10-6-4-5-8-19-10/h9-10,12,16H,3-8,14H2,1-2H3. The molecule has 0 saturated carbocycles. The smallest absolute Gasteiger partial charge is 0.161 e. The molecule has 1 aliphatic heterocycles. The van der Waals surface area contributed by atoms with Crippen LogP contribution < -0.4 is 16.0 Å². The molecule has 2 heterocycles. The Morgan fingerprint density at radius 1 is 1.63 bits per heavy atom. The second-order valence-electron chi connectivity index (χ2n) is 4.87.